The van der Waals surface area contributed by atoms with Gasteiger partial charge in [0.2, 0.25) is 0 Å². The van der Waals surface area contributed by atoms with E-state index in [0.717, 1.165) is 30.2 Å². The van der Waals surface area contributed by atoms with Crippen molar-refractivity contribution < 1.29 is 9.21 Å². The van der Waals surface area contributed by atoms with Crippen LogP contribution in [0, 0.1) is 0 Å². The summed E-state index contributed by atoms with van der Waals surface area (Å²) >= 11 is 1.50. The van der Waals surface area contributed by atoms with E-state index in [1.165, 1.54) is 11.8 Å². The Morgan fingerprint density at radius 2 is 2.00 bits per heavy atom. The lowest BCUT2D eigenvalue weighted by atomic mass is 10.3. The summed E-state index contributed by atoms with van der Waals surface area (Å²) in [7, 11) is 7.85. The molecule has 0 atom stereocenters. The molecule has 8 heteroatoms. The molecule has 1 N–H and O–H groups in total. The molecule has 2 rings (SSSR count). The first-order valence-corrected chi connectivity index (χ1v) is 9.57. The molecule has 142 valence electrons. The number of rotatable bonds is 9. The number of carbonyl (C=O) groups excluding carboxylic acids is 1. The van der Waals surface area contributed by atoms with E-state index in [0.29, 0.717) is 23.2 Å². The molecule has 2 aromatic heterocycles. The topological polar surface area (TPSA) is 74.5 Å². The number of anilines is 1. The number of hydrogen-bond acceptors (Lipinski definition) is 7. The number of aromatic nitrogens is 2. The van der Waals surface area contributed by atoms with Crippen molar-refractivity contribution in [2.75, 3.05) is 46.2 Å². The van der Waals surface area contributed by atoms with Crippen molar-refractivity contribution in [1.82, 2.24) is 20.2 Å². The summed E-state index contributed by atoms with van der Waals surface area (Å²) in [6.45, 7) is 3.44. The van der Waals surface area contributed by atoms with Crippen LogP contribution in [0.25, 0.3) is 0 Å². The Morgan fingerprint density at radius 3 is 2.65 bits per heavy atom. The van der Waals surface area contributed by atoms with Crippen molar-refractivity contribution in [3.63, 3.8) is 0 Å². The van der Waals surface area contributed by atoms with E-state index >= 15 is 0 Å². The second-order valence-corrected chi connectivity index (χ2v) is 7.30. The van der Waals surface area contributed by atoms with Gasteiger partial charge in [0.1, 0.15) is 11.6 Å². The lowest BCUT2D eigenvalue weighted by molar-refractivity contribution is 0.0922. The first-order valence-electron chi connectivity index (χ1n) is 8.58. The number of likely N-dealkylation sites (N-methyl/N-ethyl adjacent to an activating group) is 1. The number of amides is 1. The molecule has 0 aliphatic rings. The Kier molecular flexibility index (Phi) is 7.47. The molecule has 0 fully saturated rings. The fourth-order valence-corrected chi connectivity index (χ4v) is 2.89. The molecule has 0 saturated carbocycles. The van der Waals surface area contributed by atoms with Crippen molar-refractivity contribution in [1.29, 1.82) is 0 Å². The van der Waals surface area contributed by atoms with Crippen LogP contribution >= 0.6 is 11.8 Å². The predicted molar refractivity (Wildman–Crippen MR) is 105 cm³/mol. The molecule has 0 unspecified atom stereocenters. The average Bonchev–Trinajstić information content (AvgIpc) is 3.08. The molecule has 0 bridgehead atoms. The molecule has 0 radical (unpaired) electrons. The Morgan fingerprint density at radius 1 is 1.23 bits per heavy atom. The Labute approximate surface area is 159 Å². The van der Waals surface area contributed by atoms with Crippen LogP contribution in [0.15, 0.2) is 27.8 Å². The molecule has 7 nitrogen and oxygen atoms in total. The molecule has 1 amide bonds. The SMILES string of the molecule is CCc1cc(N(C)C)nc(SCc2ccc(C(=O)NCCN(C)C)o2)n1. The van der Waals surface area contributed by atoms with Gasteiger partial charge in [-0.1, -0.05) is 18.7 Å². The minimum absolute atomic E-state index is 0.192. The van der Waals surface area contributed by atoms with Gasteiger partial charge in [0.05, 0.1) is 5.75 Å². The van der Waals surface area contributed by atoms with E-state index in [-0.39, 0.29) is 5.91 Å². The molecule has 0 spiro atoms. The molecule has 2 aromatic rings. The minimum atomic E-state index is -0.192. The Hall–Kier alpha value is -2.06. The molecule has 2 heterocycles. The summed E-state index contributed by atoms with van der Waals surface area (Å²) in [6, 6.07) is 5.52. The number of nitrogens with one attached hydrogen (secondary N) is 1. The lowest BCUT2D eigenvalue weighted by Gasteiger charge is -2.13. The van der Waals surface area contributed by atoms with E-state index in [9.17, 15) is 4.79 Å². The van der Waals surface area contributed by atoms with Gasteiger partial charge in [0.25, 0.3) is 5.91 Å². The van der Waals surface area contributed by atoms with Crippen LogP contribution in [0.1, 0.15) is 28.9 Å². The van der Waals surface area contributed by atoms with Crippen molar-refractivity contribution in [2.24, 2.45) is 0 Å². The number of nitrogens with zero attached hydrogens (tertiary/aromatic N) is 4. The molecule has 26 heavy (non-hydrogen) atoms. The minimum Gasteiger partial charge on any atom is -0.455 e. The number of carbonyl (C=O) groups is 1. The zero-order valence-electron chi connectivity index (χ0n) is 16.1. The quantitative estimate of drug-likeness (QED) is 0.531. The number of hydrogen-bond donors (Lipinski definition) is 1. The summed E-state index contributed by atoms with van der Waals surface area (Å²) in [6.07, 6.45) is 0.856. The largest absolute Gasteiger partial charge is 0.455 e. The molecular formula is C18H27N5O2S. The maximum Gasteiger partial charge on any atom is 0.287 e. The van der Waals surface area contributed by atoms with Gasteiger partial charge < -0.3 is 19.5 Å². The zero-order chi connectivity index (χ0) is 19.1. The summed E-state index contributed by atoms with van der Waals surface area (Å²) in [5.41, 5.74) is 1.01. The highest BCUT2D eigenvalue weighted by atomic mass is 32.2. The van der Waals surface area contributed by atoms with Gasteiger partial charge in [-0.25, -0.2) is 9.97 Å². The third kappa shape index (κ3) is 6.03. The van der Waals surface area contributed by atoms with Gasteiger partial charge in [0.15, 0.2) is 10.9 Å². The van der Waals surface area contributed by atoms with E-state index in [1.54, 1.807) is 6.07 Å². The molecule has 0 aliphatic carbocycles. The maximum atomic E-state index is 12.1. The summed E-state index contributed by atoms with van der Waals surface area (Å²) < 4.78 is 5.65. The van der Waals surface area contributed by atoms with Gasteiger partial charge in [-0.3, -0.25) is 4.79 Å². The first kappa shape index (κ1) is 20.3. The van der Waals surface area contributed by atoms with E-state index < -0.39 is 0 Å². The number of aryl methyl sites for hydroxylation is 1. The highest BCUT2D eigenvalue weighted by molar-refractivity contribution is 7.98. The van der Waals surface area contributed by atoms with Crippen LogP contribution in [0.3, 0.4) is 0 Å². The van der Waals surface area contributed by atoms with Gasteiger partial charge in [-0.15, -0.1) is 0 Å². The molecule has 0 saturated heterocycles. The van der Waals surface area contributed by atoms with Crippen molar-refractivity contribution >= 4 is 23.5 Å². The van der Waals surface area contributed by atoms with Crippen LogP contribution in [-0.4, -0.2) is 62.1 Å². The fraction of sp³-hybridized carbons (Fsp3) is 0.500. The van der Waals surface area contributed by atoms with Gasteiger partial charge >= 0.3 is 0 Å². The Bertz CT molecular complexity index is 730. The number of furan rings is 1. The summed E-state index contributed by atoms with van der Waals surface area (Å²) in [4.78, 5) is 25.1. The van der Waals surface area contributed by atoms with E-state index in [4.69, 9.17) is 4.42 Å². The van der Waals surface area contributed by atoms with Crippen LogP contribution in [-0.2, 0) is 12.2 Å². The van der Waals surface area contributed by atoms with Crippen LogP contribution < -0.4 is 10.2 Å². The molecular weight excluding hydrogens is 350 g/mol. The highest BCUT2D eigenvalue weighted by Gasteiger charge is 2.12. The summed E-state index contributed by atoms with van der Waals surface area (Å²) in [5, 5.41) is 3.55. The average molecular weight is 378 g/mol. The predicted octanol–water partition coefficient (Wildman–Crippen LogP) is 2.28. The van der Waals surface area contributed by atoms with Gasteiger partial charge in [-0.05, 0) is 32.6 Å². The first-order chi connectivity index (χ1) is 12.4. The van der Waals surface area contributed by atoms with Crippen molar-refractivity contribution in [3.05, 3.63) is 35.4 Å². The highest BCUT2D eigenvalue weighted by Crippen LogP contribution is 2.23. The van der Waals surface area contributed by atoms with Crippen molar-refractivity contribution in [2.45, 2.75) is 24.3 Å². The monoisotopic (exact) mass is 377 g/mol. The standard InChI is InChI=1S/C18H27N5O2S/c1-6-13-11-16(23(4)5)21-18(20-13)26-12-14-7-8-15(25-14)17(24)19-9-10-22(2)3/h7-8,11H,6,9-10,12H2,1-5H3,(H,19,24). The van der Waals surface area contributed by atoms with Crippen LogP contribution in [0.5, 0.6) is 0 Å². The van der Waals surface area contributed by atoms with E-state index in [1.807, 2.05) is 50.1 Å². The molecule has 0 aromatic carbocycles. The normalized spacial score (nSPS) is 11.0. The van der Waals surface area contributed by atoms with Crippen LogP contribution in [0.2, 0.25) is 0 Å². The summed E-state index contributed by atoms with van der Waals surface area (Å²) in [5.74, 6) is 2.33. The van der Waals surface area contributed by atoms with Gasteiger partial charge in [-0.2, -0.15) is 0 Å². The third-order valence-electron chi connectivity index (χ3n) is 3.64. The van der Waals surface area contributed by atoms with Gasteiger partial charge in [0, 0.05) is 38.9 Å². The zero-order valence-corrected chi connectivity index (χ0v) is 16.9. The second kappa shape index (κ2) is 9.59. The number of thioether (sulfide) groups is 1. The maximum absolute atomic E-state index is 12.1. The fourth-order valence-electron chi connectivity index (χ4n) is 2.13. The Balaban J connectivity index is 1.95. The lowest BCUT2D eigenvalue weighted by Crippen LogP contribution is -2.31. The molecule has 0 aliphatic heterocycles. The van der Waals surface area contributed by atoms with Crippen molar-refractivity contribution in [3.8, 4) is 0 Å². The second-order valence-electron chi connectivity index (χ2n) is 6.36. The van der Waals surface area contributed by atoms with Crippen LogP contribution in [0.4, 0.5) is 5.82 Å². The van der Waals surface area contributed by atoms with E-state index in [2.05, 4.69) is 22.2 Å². The third-order valence-corrected chi connectivity index (χ3v) is 4.51. The smallest absolute Gasteiger partial charge is 0.287 e.